The van der Waals surface area contributed by atoms with Crippen LogP contribution < -0.4 is 0 Å². The number of benzene rings is 1. The maximum Gasteiger partial charge on any atom is 0.327 e. The highest BCUT2D eigenvalue weighted by Crippen LogP contribution is 2.35. The van der Waals surface area contributed by atoms with Gasteiger partial charge in [0.2, 0.25) is 0 Å². The van der Waals surface area contributed by atoms with E-state index in [1.807, 2.05) is 19.0 Å². The van der Waals surface area contributed by atoms with Gasteiger partial charge in [0, 0.05) is 18.4 Å². The Morgan fingerprint density at radius 3 is 2.65 bits per heavy atom. The Morgan fingerprint density at radius 1 is 1.26 bits per heavy atom. The van der Waals surface area contributed by atoms with Crippen LogP contribution in [0.2, 0.25) is 5.02 Å². The van der Waals surface area contributed by atoms with Gasteiger partial charge in [0.1, 0.15) is 23.9 Å². The second-order valence-corrected chi connectivity index (χ2v) is 10.5. The molecule has 0 amide bonds. The number of carbonyl (C=O) groups is 1. The summed E-state index contributed by atoms with van der Waals surface area (Å²) in [6.45, 7) is 2.50. The molecular formula is C19H22ClN5O4S2. The van der Waals surface area contributed by atoms with E-state index >= 15 is 0 Å². The molecule has 0 saturated carbocycles. The third-order valence-electron chi connectivity index (χ3n) is 4.27. The highest BCUT2D eigenvalue weighted by Gasteiger charge is 2.22. The van der Waals surface area contributed by atoms with E-state index in [4.69, 9.17) is 16.3 Å². The first-order chi connectivity index (χ1) is 14.6. The minimum Gasteiger partial charge on any atom is -0.463 e. The number of hydrogen-bond acceptors (Lipinski definition) is 9. The van der Waals surface area contributed by atoms with Crippen molar-refractivity contribution in [3.8, 4) is 21.3 Å². The van der Waals surface area contributed by atoms with Crippen LogP contribution in [0.25, 0.3) is 21.3 Å². The molecule has 0 radical (unpaired) electrons. The van der Waals surface area contributed by atoms with Crippen molar-refractivity contribution in [3.05, 3.63) is 35.0 Å². The second kappa shape index (κ2) is 9.43. The lowest BCUT2D eigenvalue weighted by atomic mass is 10.2. The molecule has 0 fully saturated rings. The third-order valence-corrected chi connectivity index (χ3v) is 6.81. The van der Waals surface area contributed by atoms with Crippen LogP contribution in [0.3, 0.4) is 0 Å². The molecule has 0 aliphatic rings. The third kappa shape index (κ3) is 5.67. The lowest BCUT2D eigenvalue weighted by Gasteiger charge is -2.10. The summed E-state index contributed by atoms with van der Waals surface area (Å²) in [5.41, 5.74) is 1.63. The lowest BCUT2D eigenvalue weighted by molar-refractivity contribution is -0.144. The number of rotatable bonds is 8. The van der Waals surface area contributed by atoms with Gasteiger partial charge in [0.15, 0.2) is 14.8 Å². The molecule has 2 heterocycles. The number of likely N-dealkylation sites (N-methyl/N-ethyl adjacent to an activating group) is 1. The van der Waals surface area contributed by atoms with Crippen molar-refractivity contribution in [2.75, 3.05) is 33.5 Å². The van der Waals surface area contributed by atoms with E-state index in [-0.39, 0.29) is 18.0 Å². The first-order valence-electron chi connectivity index (χ1n) is 9.24. The van der Waals surface area contributed by atoms with Crippen molar-refractivity contribution in [1.29, 1.82) is 0 Å². The van der Waals surface area contributed by atoms with Gasteiger partial charge < -0.3 is 9.64 Å². The Balaban J connectivity index is 1.88. The number of esters is 1. The van der Waals surface area contributed by atoms with Gasteiger partial charge in [-0.05, 0) is 33.2 Å². The fraction of sp³-hybridized carbons (Fsp3) is 0.368. The zero-order chi connectivity index (χ0) is 22.8. The van der Waals surface area contributed by atoms with Crippen LogP contribution in [-0.4, -0.2) is 72.8 Å². The molecule has 166 valence electrons. The monoisotopic (exact) mass is 483 g/mol. The number of nitrogens with zero attached hydrogens (tertiary/aromatic N) is 5. The van der Waals surface area contributed by atoms with Crippen LogP contribution in [-0.2, 0) is 25.9 Å². The van der Waals surface area contributed by atoms with E-state index in [2.05, 4.69) is 15.3 Å². The molecule has 31 heavy (non-hydrogen) atoms. The molecule has 0 saturated heterocycles. The van der Waals surface area contributed by atoms with Crippen molar-refractivity contribution in [2.45, 2.75) is 18.4 Å². The normalized spacial score (nSPS) is 11.8. The van der Waals surface area contributed by atoms with Gasteiger partial charge in [-0.25, -0.2) is 13.1 Å². The van der Waals surface area contributed by atoms with Crippen LogP contribution in [0.5, 0.6) is 0 Å². The zero-order valence-electron chi connectivity index (χ0n) is 17.5. The Bertz CT molecular complexity index is 1200. The number of halogens is 1. The van der Waals surface area contributed by atoms with Gasteiger partial charge in [-0.15, -0.1) is 10.2 Å². The van der Waals surface area contributed by atoms with Gasteiger partial charge in [-0.2, -0.15) is 5.10 Å². The van der Waals surface area contributed by atoms with E-state index in [0.717, 1.165) is 6.26 Å². The number of aryl methyl sites for hydroxylation is 1. The topological polar surface area (TPSA) is 107 Å². The number of hydrogen-bond donors (Lipinski definition) is 0. The second-order valence-electron chi connectivity index (χ2n) is 7.14. The van der Waals surface area contributed by atoms with Crippen molar-refractivity contribution < 1.29 is 17.9 Å². The Kier molecular flexibility index (Phi) is 7.10. The average Bonchev–Trinajstić information content (AvgIpc) is 3.26. The average molecular weight is 484 g/mol. The number of aromatic nitrogens is 4. The molecule has 0 aliphatic heterocycles. The van der Waals surface area contributed by atoms with E-state index in [0.29, 0.717) is 38.5 Å². The smallest absolute Gasteiger partial charge is 0.327 e. The van der Waals surface area contributed by atoms with Gasteiger partial charge in [0.05, 0.1) is 15.6 Å². The van der Waals surface area contributed by atoms with E-state index in [1.165, 1.54) is 22.1 Å². The molecule has 2 aromatic heterocycles. The molecule has 0 bridgehead atoms. The highest BCUT2D eigenvalue weighted by molar-refractivity contribution is 7.90. The fourth-order valence-electron chi connectivity index (χ4n) is 2.68. The molecule has 0 aliphatic carbocycles. The van der Waals surface area contributed by atoms with Gasteiger partial charge in [-0.1, -0.05) is 35.1 Å². The predicted octanol–water partition coefficient (Wildman–Crippen LogP) is 2.54. The summed E-state index contributed by atoms with van der Waals surface area (Å²) in [7, 11) is 0.432. The number of sulfone groups is 1. The van der Waals surface area contributed by atoms with Crippen molar-refractivity contribution >= 4 is 38.7 Å². The lowest BCUT2D eigenvalue weighted by Crippen LogP contribution is -2.22. The molecule has 1 aromatic carbocycles. The minimum absolute atomic E-state index is 0.116. The van der Waals surface area contributed by atoms with Crippen LogP contribution >= 0.6 is 22.9 Å². The molecule has 0 N–H and O–H groups in total. The highest BCUT2D eigenvalue weighted by atomic mass is 35.5. The van der Waals surface area contributed by atoms with Crippen LogP contribution in [0.4, 0.5) is 0 Å². The summed E-state index contributed by atoms with van der Waals surface area (Å²) in [6, 6.07) is 6.48. The summed E-state index contributed by atoms with van der Waals surface area (Å²) < 4.78 is 30.4. The van der Waals surface area contributed by atoms with Crippen LogP contribution in [0.1, 0.15) is 5.69 Å². The van der Waals surface area contributed by atoms with Gasteiger partial charge >= 0.3 is 5.97 Å². The molecule has 0 spiro atoms. The molecule has 3 aromatic rings. The molecule has 12 heteroatoms. The standard InChI is InChI=1S/C19H22ClN5O4S2/c1-12-16(20)17(25(23-12)11-15(26)29-9-8-24(2)3)19-22-21-18(30-19)13-6-5-7-14(10-13)31(4,27)28/h5-7,10H,8-9,11H2,1-4H3. The molecule has 0 atom stereocenters. The first kappa shape index (κ1) is 23.3. The van der Waals surface area contributed by atoms with Crippen molar-refractivity contribution in [3.63, 3.8) is 0 Å². The first-order valence-corrected chi connectivity index (χ1v) is 12.3. The molecule has 3 rings (SSSR count). The molecule has 0 unspecified atom stereocenters. The van der Waals surface area contributed by atoms with Crippen LogP contribution in [0, 0.1) is 6.92 Å². The minimum atomic E-state index is -3.35. The van der Waals surface area contributed by atoms with E-state index < -0.39 is 15.8 Å². The SMILES string of the molecule is Cc1nn(CC(=O)OCCN(C)C)c(-c2nnc(-c3cccc(S(C)(=O)=O)c3)s2)c1Cl. The predicted molar refractivity (Wildman–Crippen MR) is 119 cm³/mol. The summed E-state index contributed by atoms with van der Waals surface area (Å²) in [5, 5.41) is 14.1. The summed E-state index contributed by atoms with van der Waals surface area (Å²) in [6.07, 6.45) is 1.15. The van der Waals surface area contributed by atoms with Crippen LogP contribution in [0.15, 0.2) is 29.2 Å². The molecular weight excluding hydrogens is 462 g/mol. The van der Waals surface area contributed by atoms with E-state index in [9.17, 15) is 13.2 Å². The fourth-order valence-corrected chi connectivity index (χ4v) is 4.53. The largest absolute Gasteiger partial charge is 0.463 e. The van der Waals surface area contributed by atoms with Gasteiger partial charge in [0.25, 0.3) is 0 Å². The van der Waals surface area contributed by atoms with Crippen molar-refractivity contribution in [2.24, 2.45) is 0 Å². The molecule has 9 nitrogen and oxygen atoms in total. The van der Waals surface area contributed by atoms with Crippen molar-refractivity contribution in [1.82, 2.24) is 24.9 Å². The Morgan fingerprint density at radius 2 is 1.97 bits per heavy atom. The number of carbonyl (C=O) groups excluding carboxylic acids is 1. The quantitative estimate of drug-likeness (QED) is 0.450. The maximum absolute atomic E-state index is 12.2. The summed E-state index contributed by atoms with van der Waals surface area (Å²) in [4.78, 5) is 14.3. The summed E-state index contributed by atoms with van der Waals surface area (Å²) in [5.74, 6) is -0.437. The number of ether oxygens (including phenoxy) is 1. The summed E-state index contributed by atoms with van der Waals surface area (Å²) >= 11 is 7.66. The maximum atomic E-state index is 12.2. The Hall–Kier alpha value is -2.34. The zero-order valence-corrected chi connectivity index (χ0v) is 19.9. The van der Waals surface area contributed by atoms with E-state index in [1.54, 1.807) is 25.1 Å². The van der Waals surface area contributed by atoms with Gasteiger partial charge in [-0.3, -0.25) is 4.79 Å². The Labute approximate surface area is 189 Å².